The minimum absolute atomic E-state index is 0.0479. The van der Waals surface area contributed by atoms with E-state index in [1.54, 1.807) is 0 Å². The molecule has 21 heavy (non-hydrogen) atoms. The molecule has 0 spiro atoms. The van der Waals surface area contributed by atoms with Gasteiger partial charge in [0.15, 0.2) is 0 Å². The van der Waals surface area contributed by atoms with Crippen LogP contribution in [-0.4, -0.2) is 22.7 Å². The van der Waals surface area contributed by atoms with Crippen molar-refractivity contribution in [1.29, 1.82) is 0 Å². The molecule has 0 saturated heterocycles. The van der Waals surface area contributed by atoms with Crippen molar-refractivity contribution >= 4 is 12.1 Å². The summed E-state index contributed by atoms with van der Waals surface area (Å²) in [5.74, 6) is -0.831. The van der Waals surface area contributed by atoms with Crippen LogP contribution in [0.5, 0.6) is 0 Å². The van der Waals surface area contributed by atoms with Crippen molar-refractivity contribution in [3.63, 3.8) is 0 Å². The molecule has 2 aliphatic rings. The second-order valence-electron chi connectivity index (χ2n) is 5.91. The lowest BCUT2D eigenvalue weighted by molar-refractivity contribution is -0.146. The van der Waals surface area contributed by atoms with Crippen LogP contribution in [0.2, 0.25) is 0 Å². The third kappa shape index (κ3) is 2.86. The Kier molecular flexibility index (Phi) is 3.57. The third-order valence-corrected chi connectivity index (χ3v) is 4.32. The van der Waals surface area contributed by atoms with Crippen molar-refractivity contribution in [2.24, 2.45) is 11.8 Å². The molecule has 1 aromatic carbocycles. The summed E-state index contributed by atoms with van der Waals surface area (Å²) in [7, 11) is 0. The number of carboxylic acids is 1. The van der Waals surface area contributed by atoms with Crippen LogP contribution in [0.3, 0.4) is 0 Å². The van der Waals surface area contributed by atoms with Gasteiger partial charge in [0.25, 0.3) is 0 Å². The molecule has 2 saturated carbocycles. The smallest absolute Gasteiger partial charge is 0.408 e. The van der Waals surface area contributed by atoms with E-state index in [-0.39, 0.29) is 18.4 Å². The first kappa shape index (κ1) is 13.9. The number of carboxylic acid groups (broad SMARTS) is 1. The van der Waals surface area contributed by atoms with Crippen LogP contribution in [0.15, 0.2) is 30.3 Å². The van der Waals surface area contributed by atoms with Gasteiger partial charge in [-0.15, -0.1) is 0 Å². The van der Waals surface area contributed by atoms with Gasteiger partial charge >= 0.3 is 12.1 Å². The first-order valence-electron chi connectivity index (χ1n) is 7.35. The van der Waals surface area contributed by atoms with Crippen molar-refractivity contribution in [3.8, 4) is 0 Å². The van der Waals surface area contributed by atoms with Crippen LogP contribution in [0.25, 0.3) is 0 Å². The average molecular weight is 289 g/mol. The molecule has 112 valence electrons. The summed E-state index contributed by atoms with van der Waals surface area (Å²) >= 11 is 0. The fourth-order valence-electron chi connectivity index (χ4n) is 2.95. The first-order valence-corrected chi connectivity index (χ1v) is 7.35. The van der Waals surface area contributed by atoms with Gasteiger partial charge in [-0.2, -0.15) is 0 Å². The molecule has 0 unspecified atom stereocenters. The molecule has 5 nitrogen and oxygen atoms in total. The molecule has 0 heterocycles. The van der Waals surface area contributed by atoms with Gasteiger partial charge in [-0.1, -0.05) is 30.3 Å². The van der Waals surface area contributed by atoms with Crippen molar-refractivity contribution in [2.75, 3.05) is 0 Å². The molecule has 5 heteroatoms. The second-order valence-corrected chi connectivity index (χ2v) is 5.91. The maximum atomic E-state index is 12.0. The molecule has 0 bridgehead atoms. The van der Waals surface area contributed by atoms with Gasteiger partial charge in [0.2, 0.25) is 0 Å². The second kappa shape index (κ2) is 5.39. The number of amides is 1. The monoisotopic (exact) mass is 289 g/mol. The van der Waals surface area contributed by atoms with Crippen LogP contribution in [0.1, 0.15) is 31.2 Å². The normalized spacial score (nSPS) is 18.1. The molecular formula is C16H19NO4. The molecule has 2 N–H and O–H groups in total. The number of rotatable bonds is 6. The maximum Gasteiger partial charge on any atom is 0.408 e. The zero-order valence-electron chi connectivity index (χ0n) is 11.7. The van der Waals surface area contributed by atoms with E-state index in [1.807, 2.05) is 30.3 Å². The summed E-state index contributed by atoms with van der Waals surface area (Å²) in [4.78, 5) is 23.7. The topological polar surface area (TPSA) is 75.6 Å². The van der Waals surface area contributed by atoms with E-state index < -0.39 is 17.6 Å². The molecule has 2 fully saturated rings. The minimum atomic E-state index is -1.12. The molecule has 0 atom stereocenters. The SMILES string of the molecule is O=C(NC(C(=O)O)(C1CC1)C1CC1)OCc1ccccc1. The number of benzene rings is 1. The number of hydrogen-bond acceptors (Lipinski definition) is 3. The fourth-order valence-corrected chi connectivity index (χ4v) is 2.95. The number of alkyl carbamates (subject to hydrolysis) is 1. The van der Waals surface area contributed by atoms with Crippen LogP contribution < -0.4 is 5.32 Å². The summed E-state index contributed by atoms with van der Waals surface area (Å²) < 4.78 is 5.18. The number of nitrogens with one attached hydrogen (secondary N) is 1. The van der Waals surface area contributed by atoms with Crippen molar-refractivity contribution < 1.29 is 19.4 Å². The van der Waals surface area contributed by atoms with Crippen LogP contribution >= 0.6 is 0 Å². The summed E-state index contributed by atoms with van der Waals surface area (Å²) in [6.07, 6.45) is 2.81. The zero-order chi connectivity index (χ0) is 14.9. The first-order chi connectivity index (χ1) is 10.1. The largest absolute Gasteiger partial charge is 0.479 e. The van der Waals surface area contributed by atoms with Gasteiger partial charge in [0.1, 0.15) is 12.1 Å². The Bertz CT molecular complexity index is 522. The minimum Gasteiger partial charge on any atom is -0.479 e. The van der Waals surface area contributed by atoms with Crippen LogP contribution in [-0.2, 0) is 16.1 Å². The van der Waals surface area contributed by atoms with Gasteiger partial charge in [-0.25, -0.2) is 9.59 Å². The number of carbonyl (C=O) groups excluding carboxylic acids is 1. The molecule has 0 aliphatic heterocycles. The van der Waals surface area contributed by atoms with Crippen LogP contribution in [0.4, 0.5) is 4.79 Å². The van der Waals surface area contributed by atoms with E-state index in [2.05, 4.69) is 5.32 Å². The van der Waals surface area contributed by atoms with E-state index in [0.717, 1.165) is 31.2 Å². The highest BCUT2D eigenvalue weighted by atomic mass is 16.5. The van der Waals surface area contributed by atoms with Gasteiger partial charge in [0, 0.05) is 0 Å². The van der Waals surface area contributed by atoms with E-state index in [4.69, 9.17) is 4.74 Å². The van der Waals surface area contributed by atoms with E-state index in [9.17, 15) is 14.7 Å². The molecule has 2 aliphatic carbocycles. The number of aliphatic carboxylic acids is 1. The average Bonchev–Trinajstić information content (AvgIpc) is 3.36. The summed E-state index contributed by atoms with van der Waals surface area (Å²) in [5.41, 5.74) is -0.236. The summed E-state index contributed by atoms with van der Waals surface area (Å²) in [6.45, 7) is 0.151. The fraction of sp³-hybridized carbons (Fsp3) is 0.500. The van der Waals surface area contributed by atoms with Crippen molar-refractivity contribution in [1.82, 2.24) is 5.32 Å². The third-order valence-electron chi connectivity index (χ3n) is 4.32. The molecular weight excluding hydrogens is 270 g/mol. The van der Waals surface area contributed by atoms with Crippen LogP contribution in [0, 0.1) is 11.8 Å². The number of hydrogen-bond donors (Lipinski definition) is 2. The predicted octanol–water partition coefficient (Wildman–Crippen LogP) is 2.56. The molecule has 1 aromatic rings. The lowest BCUT2D eigenvalue weighted by atomic mass is 9.87. The van der Waals surface area contributed by atoms with Crippen molar-refractivity contribution in [3.05, 3.63) is 35.9 Å². The number of carbonyl (C=O) groups is 2. The Hall–Kier alpha value is -2.04. The standard InChI is InChI=1S/C16H19NO4/c18-14(19)16(12-6-7-12,13-8-9-13)17-15(20)21-10-11-4-2-1-3-5-11/h1-5,12-13H,6-10H2,(H,17,20)(H,18,19). The zero-order valence-corrected chi connectivity index (χ0v) is 11.7. The van der Waals surface area contributed by atoms with Gasteiger partial charge < -0.3 is 15.2 Å². The predicted molar refractivity (Wildman–Crippen MR) is 75.6 cm³/mol. The quantitative estimate of drug-likeness (QED) is 0.844. The Morgan fingerprint density at radius 1 is 1.14 bits per heavy atom. The molecule has 3 rings (SSSR count). The Labute approximate surface area is 123 Å². The highest BCUT2D eigenvalue weighted by Gasteiger charge is 2.60. The lowest BCUT2D eigenvalue weighted by Gasteiger charge is -2.30. The van der Waals surface area contributed by atoms with E-state index in [0.29, 0.717) is 0 Å². The summed E-state index contributed by atoms with van der Waals surface area (Å²) in [6, 6.07) is 9.34. The Morgan fingerprint density at radius 3 is 2.19 bits per heavy atom. The molecule has 0 radical (unpaired) electrons. The maximum absolute atomic E-state index is 12.0. The van der Waals surface area contributed by atoms with Gasteiger partial charge in [-0.3, -0.25) is 0 Å². The van der Waals surface area contributed by atoms with Gasteiger partial charge in [0.05, 0.1) is 0 Å². The summed E-state index contributed by atoms with van der Waals surface area (Å²) in [5, 5.41) is 12.3. The lowest BCUT2D eigenvalue weighted by Crippen LogP contribution is -2.58. The highest BCUT2D eigenvalue weighted by molar-refractivity contribution is 5.86. The number of ether oxygens (including phenoxy) is 1. The Morgan fingerprint density at radius 2 is 1.71 bits per heavy atom. The molecule has 0 aromatic heterocycles. The Balaban J connectivity index is 1.63. The van der Waals surface area contributed by atoms with Crippen molar-refractivity contribution in [2.45, 2.75) is 37.8 Å². The van der Waals surface area contributed by atoms with E-state index in [1.165, 1.54) is 0 Å². The van der Waals surface area contributed by atoms with E-state index >= 15 is 0 Å². The van der Waals surface area contributed by atoms with Gasteiger partial charge in [-0.05, 0) is 43.1 Å². The molecule has 1 amide bonds. The highest BCUT2D eigenvalue weighted by Crippen LogP contribution is 2.52.